The zero-order valence-corrected chi connectivity index (χ0v) is 14.8. The first-order valence-corrected chi connectivity index (χ1v) is 8.19. The van der Waals surface area contributed by atoms with Crippen molar-refractivity contribution >= 4 is 46.4 Å². The van der Waals surface area contributed by atoms with Crippen molar-refractivity contribution in [1.29, 1.82) is 0 Å². The summed E-state index contributed by atoms with van der Waals surface area (Å²) >= 11 is 12.0. The summed E-state index contributed by atoms with van der Waals surface area (Å²) in [6.07, 6.45) is 2.88. The molecular weight excluding hydrogens is 359 g/mol. The smallest absolute Gasteiger partial charge is 0.258 e. The molecule has 0 aliphatic carbocycles. The lowest BCUT2D eigenvalue weighted by atomic mass is 10.2. The van der Waals surface area contributed by atoms with Crippen LogP contribution in [0.3, 0.4) is 0 Å². The number of benzene rings is 2. The molecule has 1 heterocycles. The number of carbonyl (C=O) groups is 1. The van der Waals surface area contributed by atoms with E-state index in [0.29, 0.717) is 22.2 Å². The Balaban J connectivity index is 1.70. The minimum absolute atomic E-state index is 0.288. The zero-order valence-electron chi connectivity index (χ0n) is 13.3. The number of nitrogens with one attached hydrogen (secondary N) is 2. The molecule has 7 heteroatoms. The second-order valence-corrected chi connectivity index (χ2v) is 6.13. The number of aryl methyl sites for hydroxylation is 1. The molecule has 1 aromatic heterocycles. The molecule has 0 saturated carbocycles. The maximum absolute atomic E-state index is 12.3. The van der Waals surface area contributed by atoms with E-state index in [0.717, 1.165) is 11.3 Å². The lowest BCUT2D eigenvalue weighted by Crippen LogP contribution is -2.13. The van der Waals surface area contributed by atoms with E-state index in [9.17, 15) is 4.79 Å². The van der Waals surface area contributed by atoms with Gasteiger partial charge in [0.2, 0.25) is 5.95 Å². The highest BCUT2D eigenvalue weighted by atomic mass is 35.5. The molecule has 0 aliphatic heterocycles. The monoisotopic (exact) mass is 372 g/mol. The molecular formula is C18H14Cl2N4O. The molecule has 1 amide bonds. The average molecular weight is 373 g/mol. The van der Waals surface area contributed by atoms with E-state index in [1.165, 1.54) is 12.4 Å². The highest BCUT2D eigenvalue weighted by Gasteiger charge is 2.11. The number of carbonyl (C=O) groups excluding carboxylic acids is 1. The van der Waals surface area contributed by atoms with Gasteiger partial charge in [0.15, 0.2) is 0 Å². The summed E-state index contributed by atoms with van der Waals surface area (Å²) in [5, 5.41) is 6.41. The quantitative estimate of drug-likeness (QED) is 0.669. The van der Waals surface area contributed by atoms with Crippen LogP contribution in [-0.2, 0) is 0 Å². The van der Waals surface area contributed by atoms with Crippen LogP contribution < -0.4 is 10.6 Å². The van der Waals surface area contributed by atoms with Crippen LogP contribution in [0.5, 0.6) is 0 Å². The highest BCUT2D eigenvalue weighted by Crippen LogP contribution is 2.29. The van der Waals surface area contributed by atoms with Crippen LogP contribution >= 0.6 is 23.2 Å². The van der Waals surface area contributed by atoms with Crippen LogP contribution in [0.15, 0.2) is 54.9 Å². The normalized spacial score (nSPS) is 10.4. The van der Waals surface area contributed by atoms with Crippen molar-refractivity contribution in [3.63, 3.8) is 0 Å². The van der Waals surface area contributed by atoms with Gasteiger partial charge in [-0.3, -0.25) is 4.79 Å². The summed E-state index contributed by atoms with van der Waals surface area (Å²) < 4.78 is 0. The summed E-state index contributed by atoms with van der Waals surface area (Å²) in [6.45, 7) is 2.01. The third kappa shape index (κ3) is 4.26. The van der Waals surface area contributed by atoms with E-state index in [1.807, 2.05) is 31.2 Å². The van der Waals surface area contributed by atoms with Crippen molar-refractivity contribution in [3.8, 4) is 0 Å². The molecule has 126 valence electrons. The number of anilines is 3. The lowest BCUT2D eigenvalue weighted by Gasteiger charge is -2.09. The van der Waals surface area contributed by atoms with Crippen molar-refractivity contribution in [1.82, 2.24) is 9.97 Å². The average Bonchev–Trinajstić information content (AvgIpc) is 2.61. The number of amides is 1. The van der Waals surface area contributed by atoms with Gasteiger partial charge in [0.1, 0.15) is 0 Å². The largest absolute Gasteiger partial charge is 0.324 e. The molecule has 0 bridgehead atoms. The third-order valence-electron chi connectivity index (χ3n) is 3.42. The SMILES string of the molecule is Cc1ccc(Nc2ncc(C(=O)Nc3cccc(Cl)c3Cl)cn2)cc1. The number of hydrogen-bond acceptors (Lipinski definition) is 4. The van der Waals surface area contributed by atoms with Gasteiger partial charge in [0.25, 0.3) is 5.91 Å². The first-order chi connectivity index (χ1) is 12.0. The molecule has 0 saturated heterocycles. The zero-order chi connectivity index (χ0) is 17.8. The molecule has 3 aromatic rings. The second-order valence-electron chi connectivity index (χ2n) is 5.34. The van der Waals surface area contributed by atoms with Crippen molar-refractivity contribution < 1.29 is 4.79 Å². The molecule has 0 fully saturated rings. The number of nitrogens with zero attached hydrogens (tertiary/aromatic N) is 2. The standard InChI is InChI=1S/C18H14Cl2N4O/c1-11-5-7-13(8-6-11)23-18-21-9-12(10-22-18)17(25)24-15-4-2-3-14(19)16(15)20/h2-10H,1H3,(H,24,25)(H,21,22,23). The molecule has 3 rings (SSSR count). The van der Waals surface area contributed by atoms with E-state index in [2.05, 4.69) is 20.6 Å². The predicted molar refractivity (Wildman–Crippen MR) is 101 cm³/mol. The molecule has 0 atom stereocenters. The van der Waals surface area contributed by atoms with E-state index in [1.54, 1.807) is 18.2 Å². The van der Waals surface area contributed by atoms with Crippen LogP contribution in [-0.4, -0.2) is 15.9 Å². The van der Waals surface area contributed by atoms with Crippen molar-refractivity contribution in [2.45, 2.75) is 6.92 Å². The number of halogens is 2. The van der Waals surface area contributed by atoms with Gasteiger partial charge in [0, 0.05) is 18.1 Å². The predicted octanol–water partition coefficient (Wildman–Crippen LogP) is 5.09. The van der Waals surface area contributed by atoms with E-state index < -0.39 is 0 Å². The lowest BCUT2D eigenvalue weighted by molar-refractivity contribution is 0.102. The van der Waals surface area contributed by atoms with Crippen LogP contribution in [0.25, 0.3) is 0 Å². The number of aromatic nitrogens is 2. The van der Waals surface area contributed by atoms with Gasteiger partial charge in [-0.2, -0.15) is 0 Å². The maximum atomic E-state index is 12.3. The third-order valence-corrected chi connectivity index (χ3v) is 4.24. The first-order valence-electron chi connectivity index (χ1n) is 7.44. The summed E-state index contributed by atoms with van der Waals surface area (Å²) in [6, 6.07) is 12.8. The summed E-state index contributed by atoms with van der Waals surface area (Å²) in [5.41, 5.74) is 2.78. The van der Waals surface area contributed by atoms with Gasteiger partial charge in [-0.15, -0.1) is 0 Å². The van der Waals surface area contributed by atoms with Crippen molar-refractivity contribution in [2.75, 3.05) is 10.6 Å². The van der Waals surface area contributed by atoms with Crippen LogP contribution in [0.1, 0.15) is 15.9 Å². The minimum atomic E-state index is -0.369. The Morgan fingerprint density at radius 2 is 1.68 bits per heavy atom. The molecule has 0 unspecified atom stereocenters. The Bertz CT molecular complexity index is 896. The van der Waals surface area contributed by atoms with E-state index in [-0.39, 0.29) is 10.9 Å². The maximum Gasteiger partial charge on any atom is 0.258 e. The van der Waals surface area contributed by atoms with Crippen LogP contribution in [0.4, 0.5) is 17.3 Å². The number of rotatable bonds is 4. The Labute approximate surface area is 155 Å². The Kier molecular flexibility index (Phi) is 5.16. The van der Waals surface area contributed by atoms with Gasteiger partial charge in [-0.05, 0) is 31.2 Å². The van der Waals surface area contributed by atoms with Crippen LogP contribution in [0.2, 0.25) is 10.0 Å². The molecule has 0 aliphatic rings. The van der Waals surface area contributed by atoms with Gasteiger partial charge < -0.3 is 10.6 Å². The summed E-state index contributed by atoms with van der Waals surface area (Å²) in [7, 11) is 0. The molecule has 5 nitrogen and oxygen atoms in total. The first kappa shape index (κ1) is 17.2. The fraction of sp³-hybridized carbons (Fsp3) is 0.0556. The van der Waals surface area contributed by atoms with E-state index in [4.69, 9.17) is 23.2 Å². The molecule has 2 N–H and O–H groups in total. The molecule has 2 aromatic carbocycles. The van der Waals surface area contributed by atoms with Gasteiger partial charge in [-0.1, -0.05) is 47.0 Å². The number of hydrogen-bond donors (Lipinski definition) is 2. The topological polar surface area (TPSA) is 66.9 Å². The van der Waals surface area contributed by atoms with Crippen molar-refractivity contribution in [3.05, 3.63) is 76.0 Å². The highest BCUT2D eigenvalue weighted by molar-refractivity contribution is 6.44. The summed E-state index contributed by atoms with van der Waals surface area (Å²) in [4.78, 5) is 20.6. The Morgan fingerprint density at radius 3 is 2.36 bits per heavy atom. The summed E-state index contributed by atoms with van der Waals surface area (Å²) in [5.74, 6) is 0.0345. The van der Waals surface area contributed by atoms with Gasteiger partial charge in [0.05, 0.1) is 21.3 Å². The Morgan fingerprint density at radius 1 is 1.00 bits per heavy atom. The van der Waals surface area contributed by atoms with Crippen LogP contribution in [0, 0.1) is 6.92 Å². The fourth-order valence-electron chi connectivity index (χ4n) is 2.07. The van der Waals surface area contributed by atoms with Gasteiger partial charge in [-0.25, -0.2) is 9.97 Å². The fourth-order valence-corrected chi connectivity index (χ4v) is 2.42. The Hall–Kier alpha value is -2.63. The molecule has 0 radical (unpaired) electrons. The minimum Gasteiger partial charge on any atom is -0.324 e. The van der Waals surface area contributed by atoms with E-state index >= 15 is 0 Å². The van der Waals surface area contributed by atoms with Gasteiger partial charge >= 0.3 is 0 Å². The molecule has 0 spiro atoms. The van der Waals surface area contributed by atoms with Crippen molar-refractivity contribution in [2.24, 2.45) is 0 Å². The second kappa shape index (κ2) is 7.51. The molecule has 25 heavy (non-hydrogen) atoms.